The number of H-pyrrole nitrogens is 1. The minimum atomic E-state index is -0.654. The summed E-state index contributed by atoms with van der Waals surface area (Å²) in [5.74, 6) is -0.128. The van der Waals surface area contributed by atoms with Crippen molar-refractivity contribution in [3.8, 4) is 0 Å². The summed E-state index contributed by atoms with van der Waals surface area (Å²) in [5, 5.41) is 4.99. The van der Waals surface area contributed by atoms with Crippen molar-refractivity contribution < 1.29 is 18.7 Å². The van der Waals surface area contributed by atoms with Crippen molar-refractivity contribution in [3.63, 3.8) is 0 Å². The molecule has 0 unspecified atom stereocenters. The van der Waals surface area contributed by atoms with Crippen molar-refractivity contribution >= 4 is 34.4 Å². The number of para-hydroxylation sites is 2. The second kappa shape index (κ2) is 11.5. The SMILES string of the molecule is CC(C)(C)OC(=O)N(CCc1nc(C(=O)NCc2ncccc2F)cs1)CC(C)(C)c1nc2ccccc2[nH]1. The first-order chi connectivity index (χ1) is 18.4. The molecule has 0 atom stereocenters. The van der Waals surface area contributed by atoms with Crippen LogP contribution in [0.4, 0.5) is 9.18 Å². The Bertz CT molecular complexity index is 1430. The molecule has 0 saturated carbocycles. The Labute approximate surface area is 230 Å². The molecule has 9 nitrogen and oxygen atoms in total. The van der Waals surface area contributed by atoms with E-state index in [9.17, 15) is 14.0 Å². The molecular weight excluding hydrogens is 519 g/mol. The van der Waals surface area contributed by atoms with E-state index in [1.807, 2.05) is 58.9 Å². The maximum atomic E-state index is 13.8. The lowest BCUT2D eigenvalue weighted by atomic mass is 9.91. The number of amides is 2. The molecule has 2 N–H and O–H groups in total. The largest absolute Gasteiger partial charge is 0.444 e. The predicted octanol–water partition coefficient (Wildman–Crippen LogP) is 5.24. The van der Waals surface area contributed by atoms with Gasteiger partial charge < -0.3 is 19.9 Å². The lowest BCUT2D eigenvalue weighted by Gasteiger charge is -2.33. The summed E-state index contributed by atoms with van der Waals surface area (Å²) in [4.78, 5) is 43.9. The van der Waals surface area contributed by atoms with Crippen molar-refractivity contribution in [1.82, 2.24) is 30.2 Å². The van der Waals surface area contributed by atoms with Crippen LogP contribution in [0.25, 0.3) is 11.0 Å². The molecule has 2 amide bonds. The Morgan fingerprint density at radius 1 is 1.10 bits per heavy atom. The average Bonchev–Trinajstić information content (AvgIpc) is 3.52. The van der Waals surface area contributed by atoms with E-state index in [1.54, 1.807) is 10.3 Å². The normalized spacial score (nSPS) is 11.9. The molecule has 4 aromatic rings. The standard InChI is InChI=1S/C28H33FN6O3S/c1-27(2,3)38-26(37)35(17-28(4,5)25-33-19-10-6-7-11-20(19)34-25)14-12-23-32-22(16-39-23)24(36)31-15-21-18(29)9-8-13-30-21/h6-11,13,16H,12,14-15,17H2,1-5H3,(H,31,36)(H,33,34). The Kier molecular flexibility index (Phi) is 8.29. The van der Waals surface area contributed by atoms with Gasteiger partial charge in [-0.05, 0) is 45.0 Å². The van der Waals surface area contributed by atoms with Crippen LogP contribution >= 0.6 is 11.3 Å². The van der Waals surface area contributed by atoms with E-state index in [0.29, 0.717) is 24.5 Å². The minimum Gasteiger partial charge on any atom is -0.444 e. The van der Waals surface area contributed by atoms with Gasteiger partial charge in [0.2, 0.25) is 0 Å². The summed E-state index contributed by atoms with van der Waals surface area (Å²) in [5.41, 5.74) is 1.04. The Balaban J connectivity index is 1.43. The predicted molar refractivity (Wildman–Crippen MR) is 148 cm³/mol. The maximum Gasteiger partial charge on any atom is 0.410 e. The fraction of sp³-hybridized carbons (Fsp3) is 0.393. The molecule has 0 bridgehead atoms. The maximum absolute atomic E-state index is 13.8. The van der Waals surface area contributed by atoms with Gasteiger partial charge >= 0.3 is 6.09 Å². The third kappa shape index (κ3) is 7.38. The molecule has 3 heterocycles. The zero-order chi connectivity index (χ0) is 28.2. The molecule has 11 heteroatoms. The summed E-state index contributed by atoms with van der Waals surface area (Å²) in [6, 6.07) is 10.6. The number of thiazole rings is 1. The van der Waals surface area contributed by atoms with Crippen molar-refractivity contribution in [2.75, 3.05) is 13.1 Å². The summed E-state index contributed by atoms with van der Waals surface area (Å²) in [7, 11) is 0. The van der Waals surface area contributed by atoms with Gasteiger partial charge in [0.25, 0.3) is 5.91 Å². The number of imidazole rings is 1. The van der Waals surface area contributed by atoms with E-state index in [-0.39, 0.29) is 17.9 Å². The van der Waals surface area contributed by atoms with E-state index in [2.05, 4.69) is 20.3 Å². The summed E-state index contributed by atoms with van der Waals surface area (Å²) >= 11 is 1.33. The minimum absolute atomic E-state index is 0.0400. The summed E-state index contributed by atoms with van der Waals surface area (Å²) < 4.78 is 19.5. The molecule has 1 aromatic carbocycles. The van der Waals surface area contributed by atoms with Crippen LogP contribution in [-0.4, -0.2) is 55.5 Å². The third-order valence-corrected chi connectivity index (χ3v) is 6.81. The number of halogens is 1. The fourth-order valence-electron chi connectivity index (χ4n) is 3.95. The van der Waals surface area contributed by atoms with Crippen LogP contribution in [0, 0.1) is 5.82 Å². The highest BCUT2D eigenvalue weighted by Gasteiger charge is 2.32. The topological polar surface area (TPSA) is 113 Å². The molecule has 0 aliphatic heterocycles. The van der Waals surface area contributed by atoms with Crippen molar-refractivity contribution in [2.24, 2.45) is 0 Å². The highest BCUT2D eigenvalue weighted by atomic mass is 32.1. The number of hydrogen-bond acceptors (Lipinski definition) is 7. The lowest BCUT2D eigenvalue weighted by Crippen LogP contribution is -2.44. The van der Waals surface area contributed by atoms with Gasteiger partial charge in [0.05, 0.1) is 28.3 Å². The van der Waals surface area contributed by atoms with E-state index in [4.69, 9.17) is 9.72 Å². The number of aromatic nitrogens is 4. The van der Waals surface area contributed by atoms with Crippen LogP contribution in [0.5, 0.6) is 0 Å². The average molecular weight is 553 g/mol. The molecule has 3 aromatic heterocycles. The second-order valence-corrected chi connectivity index (χ2v) is 11.8. The number of rotatable bonds is 9. The van der Waals surface area contributed by atoms with Crippen LogP contribution in [0.2, 0.25) is 0 Å². The van der Waals surface area contributed by atoms with Crippen molar-refractivity contribution in [3.05, 3.63) is 76.0 Å². The number of nitrogens with zero attached hydrogens (tertiary/aromatic N) is 4. The number of ether oxygens (including phenoxy) is 1. The Morgan fingerprint density at radius 2 is 1.87 bits per heavy atom. The quantitative estimate of drug-likeness (QED) is 0.294. The zero-order valence-corrected chi connectivity index (χ0v) is 23.6. The van der Waals surface area contributed by atoms with Gasteiger partial charge in [-0.15, -0.1) is 11.3 Å². The number of carbonyl (C=O) groups is 2. The summed E-state index contributed by atoms with van der Waals surface area (Å²) in [6.45, 7) is 10.2. The van der Waals surface area contributed by atoms with Crippen LogP contribution < -0.4 is 5.32 Å². The van der Waals surface area contributed by atoms with E-state index < -0.39 is 28.8 Å². The number of aromatic amines is 1. The van der Waals surface area contributed by atoms with Gasteiger partial charge in [-0.3, -0.25) is 9.78 Å². The number of hydrogen-bond donors (Lipinski definition) is 2. The molecule has 206 valence electrons. The van der Waals surface area contributed by atoms with Crippen molar-refractivity contribution in [1.29, 1.82) is 0 Å². The molecule has 0 aliphatic rings. The van der Waals surface area contributed by atoms with Gasteiger partial charge in [-0.25, -0.2) is 19.2 Å². The molecule has 39 heavy (non-hydrogen) atoms. The highest BCUT2D eigenvalue weighted by molar-refractivity contribution is 7.09. The van der Waals surface area contributed by atoms with Crippen LogP contribution in [-0.2, 0) is 23.1 Å². The fourth-order valence-corrected chi connectivity index (χ4v) is 4.72. The van der Waals surface area contributed by atoms with E-state index in [0.717, 1.165) is 16.9 Å². The van der Waals surface area contributed by atoms with E-state index >= 15 is 0 Å². The molecule has 0 radical (unpaired) electrons. The van der Waals surface area contributed by atoms with Gasteiger partial charge in [0, 0.05) is 36.5 Å². The number of carbonyl (C=O) groups excluding carboxylic acids is 2. The number of fused-ring (bicyclic) bond motifs is 1. The van der Waals surface area contributed by atoms with E-state index in [1.165, 1.54) is 29.7 Å². The van der Waals surface area contributed by atoms with Crippen LogP contribution in [0.1, 0.15) is 61.6 Å². The van der Waals surface area contributed by atoms with Crippen molar-refractivity contribution in [2.45, 2.75) is 58.6 Å². The second-order valence-electron chi connectivity index (χ2n) is 10.9. The first-order valence-corrected chi connectivity index (χ1v) is 13.5. The van der Waals surface area contributed by atoms with Crippen LogP contribution in [0.3, 0.4) is 0 Å². The molecule has 0 spiro atoms. The highest BCUT2D eigenvalue weighted by Crippen LogP contribution is 2.26. The first-order valence-electron chi connectivity index (χ1n) is 12.7. The number of nitrogens with one attached hydrogen (secondary N) is 2. The van der Waals surface area contributed by atoms with Crippen LogP contribution in [0.15, 0.2) is 48.0 Å². The molecule has 0 saturated heterocycles. The Hall–Kier alpha value is -3.86. The first kappa shape index (κ1) is 28.2. The number of benzene rings is 1. The lowest BCUT2D eigenvalue weighted by molar-refractivity contribution is 0.0214. The monoisotopic (exact) mass is 552 g/mol. The third-order valence-electron chi connectivity index (χ3n) is 5.90. The molecular formula is C28H33FN6O3S. The molecule has 0 fully saturated rings. The smallest absolute Gasteiger partial charge is 0.410 e. The Morgan fingerprint density at radius 3 is 2.59 bits per heavy atom. The number of pyridine rings is 1. The molecule has 0 aliphatic carbocycles. The van der Waals surface area contributed by atoms with Gasteiger partial charge in [0.1, 0.15) is 22.9 Å². The zero-order valence-electron chi connectivity index (χ0n) is 22.7. The van der Waals surface area contributed by atoms with Gasteiger partial charge in [-0.1, -0.05) is 26.0 Å². The summed E-state index contributed by atoms with van der Waals surface area (Å²) in [6.07, 6.45) is 1.47. The molecule has 4 rings (SSSR count). The van der Waals surface area contributed by atoms with Gasteiger partial charge in [0.15, 0.2) is 0 Å². The van der Waals surface area contributed by atoms with Gasteiger partial charge in [-0.2, -0.15) is 0 Å².